The molecule has 0 saturated heterocycles. The lowest BCUT2D eigenvalue weighted by Gasteiger charge is -2.07. The summed E-state index contributed by atoms with van der Waals surface area (Å²) in [5.41, 5.74) is 1.96. The minimum Gasteiger partial charge on any atom is -0.437 e. The van der Waals surface area contributed by atoms with Crippen molar-refractivity contribution in [2.75, 3.05) is 0 Å². The second kappa shape index (κ2) is 5.06. The molecule has 90 valence electrons. The summed E-state index contributed by atoms with van der Waals surface area (Å²) in [5.74, 6) is 1.30. The maximum Gasteiger partial charge on any atom is 0.221 e. The Morgan fingerprint density at radius 1 is 1.47 bits per heavy atom. The molecule has 0 radical (unpaired) electrons. The third kappa shape index (κ3) is 2.61. The Morgan fingerprint density at radius 2 is 2.24 bits per heavy atom. The highest BCUT2D eigenvalue weighted by atomic mass is 79.9. The first-order valence-electron chi connectivity index (χ1n) is 4.98. The molecular formula is C11H11BrClN3O. The van der Waals surface area contributed by atoms with Crippen molar-refractivity contribution >= 4 is 27.5 Å². The van der Waals surface area contributed by atoms with Crippen LogP contribution in [-0.4, -0.2) is 14.8 Å². The zero-order valence-electron chi connectivity index (χ0n) is 9.44. The first kappa shape index (κ1) is 12.4. The van der Waals surface area contributed by atoms with Crippen molar-refractivity contribution in [3.63, 3.8) is 0 Å². The van der Waals surface area contributed by atoms with Crippen LogP contribution in [0.25, 0.3) is 0 Å². The number of rotatable bonds is 3. The van der Waals surface area contributed by atoms with Crippen LogP contribution >= 0.6 is 27.5 Å². The van der Waals surface area contributed by atoms with Crippen molar-refractivity contribution in [3.8, 4) is 11.6 Å². The smallest absolute Gasteiger partial charge is 0.221 e. The molecule has 0 bridgehead atoms. The molecule has 0 aromatic carbocycles. The molecule has 0 unspecified atom stereocenters. The van der Waals surface area contributed by atoms with E-state index < -0.39 is 0 Å². The number of aromatic nitrogens is 3. The van der Waals surface area contributed by atoms with Crippen LogP contribution in [0.3, 0.4) is 0 Å². The number of hydrogen-bond acceptors (Lipinski definition) is 3. The van der Waals surface area contributed by atoms with Gasteiger partial charge in [-0.15, -0.1) is 0 Å². The van der Waals surface area contributed by atoms with E-state index in [0.29, 0.717) is 22.0 Å². The molecule has 0 aliphatic carbocycles. The molecule has 17 heavy (non-hydrogen) atoms. The second-order valence-corrected chi connectivity index (χ2v) is 4.56. The summed E-state index contributed by atoms with van der Waals surface area (Å²) in [5, 5.41) is 5.54. The van der Waals surface area contributed by atoms with Gasteiger partial charge in [0.25, 0.3) is 0 Å². The van der Waals surface area contributed by atoms with Gasteiger partial charge in [0.2, 0.25) is 5.88 Å². The first-order valence-corrected chi connectivity index (χ1v) is 6.48. The minimum absolute atomic E-state index is 0.543. The molecule has 0 spiro atoms. The Kier molecular flexibility index (Phi) is 3.69. The van der Waals surface area contributed by atoms with E-state index >= 15 is 0 Å². The Balaban J connectivity index is 2.36. The summed E-state index contributed by atoms with van der Waals surface area (Å²) < 4.78 is 7.46. The Hall–Kier alpha value is -1.07. The topological polar surface area (TPSA) is 39.9 Å². The van der Waals surface area contributed by atoms with E-state index in [1.165, 1.54) is 0 Å². The monoisotopic (exact) mass is 315 g/mol. The average Bonchev–Trinajstić information content (AvgIpc) is 2.53. The zero-order chi connectivity index (χ0) is 12.4. The fourth-order valence-electron chi connectivity index (χ4n) is 1.52. The van der Waals surface area contributed by atoms with E-state index in [2.05, 4.69) is 26.0 Å². The van der Waals surface area contributed by atoms with Gasteiger partial charge >= 0.3 is 0 Å². The summed E-state index contributed by atoms with van der Waals surface area (Å²) in [6, 6.07) is 1.72. The van der Waals surface area contributed by atoms with Crippen LogP contribution in [0.2, 0.25) is 5.02 Å². The standard InChI is InChI=1S/C11H11BrClN3O/c1-7-10(4-12)11(16(2)15-7)17-9-3-8(13)5-14-6-9/h3,5-6H,4H2,1-2H3. The predicted molar refractivity (Wildman–Crippen MR) is 69.9 cm³/mol. The van der Waals surface area contributed by atoms with E-state index in [1.54, 1.807) is 23.1 Å². The molecule has 2 aromatic rings. The average molecular weight is 317 g/mol. The van der Waals surface area contributed by atoms with Crippen LogP contribution in [0.1, 0.15) is 11.3 Å². The molecule has 4 nitrogen and oxygen atoms in total. The molecule has 0 aliphatic rings. The van der Waals surface area contributed by atoms with E-state index in [-0.39, 0.29) is 0 Å². The highest BCUT2D eigenvalue weighted by Gasteiger charge is 2.14. The highest BCUT2D eigenvalue weighted by Crippen LogP contribution is 2.29. The van der Waals surface area contributed by atoms with Crippen molar-refractivity contribution in [1.82, 2.24) is 14.8 Å². The highest BCUT2D eigenvalue weighted by molar-refractivity contribution is 9.08. The summed E-state index contributed by atoms with van der Waals surface area (Å²) in [6.45, 7) is 1.94. The number of pyridine rings is 1. The van der Waals surface area contributed by atoms with Gasteiger partial charge in [-0.05, 0) is 6.92 Å². The van der Waals surface area contributed by atoms with Gasteiger partial charge in [-0.25, -0.2) is 4.68 Å². The van der Waals surface area contributed by atoms with E-state index in [9.17, 15) is 0 Å². The Labute approximate surface area is 113 Å². The normalized spacial score (nSPS) is 10.6. The van der Waals surface area contributed by atoms with Gasteiger partial charge in [0, 0.05) is 30.2 Å². The third-order valence-corrected chi connectivity index (χ3v) is 3.08. The lowest BCUT2D eigenvalue weighted by atomic mass is 10.3. The maximum absolute atomic E-state index is 5.86. The quantitative estimate of drug-likeness (QED) is 0.814. The van der Waals surface area contributed by atoms with Gasteiger partial charge in [-0.1, -0.05) is 27.5 Å². The zero-order valence-corrected chi connectivity index (χ0v) is 11.8. The maximum atomic E-state index is 5.86. The first-order chi connectivity index (χ1) is 8.11. The molecule has 6 heteroatoms. The van der Waals surface area contributed by atoms with Gasteiger partial charge in [-0.2, -0.15) is 5.10 Å². The molecular weight excluding hydrogens is 305 g/mol. The summed E-state index contributed by atoms with van der Waals surface area (Å²) in [4.78, 5) is 3.97. The largest absolute Gasteiger partial charge is 0.437 e. The SMILES string of the molecule is Cc1nn(C)c(Oc2cncc(Cl)c2)c1CBr. The molecule has 0 fully saturated rings. The molecule has 0 N–H and O–H groups in total. The molecule has 2 aromatic heterocycles. The van der Waals surface area contributed by atoms with Gasteiger partial charge < -0.3 is 4.74 Å². The molecule has 0 aliphatic heterocycles. The van der Waals surface area contributed by atoms with Crippen LogP contribution < -0.4 is 4.74 Å². The fourth-order valence-corrected chi connectivity index (χ4v) is 2.33. The Bertz CT molecular complexity index is 542. The van der Waals surface area contributed by atoms with Crippen LogP contribution in [-0.2, 0) is 12.4 Å². The lowest BCUT2D eigenvalue weighted by molar-refractivity contribution is 0.426. The fraction of sp³-hybridized carbons (Fsp3) is 0.273. The van der Waals surface area contributed by atoms with E-state index in [4.69, 9.17) is 16.3 Å². The van der Waals surface area contributed by atoms with Crippen molar-refractivity contribution in [2.24, 2.45) is 7.05 Å². The summed E-state index contributed by atoms with van der Waals surface area (Å²) in [6.07, 6.45) is 3.18. The van der Waals surface area contributed by atoms with Crippen molar-refractivity contribution in [3.05, 3.63) is 34.7 Å². The molecule has 2 heterocycles. The van der Waals surface area contributed by atoms with Crippen LogP contribution in [0.15, 0.2) is 18.5 Å². The second-order valence-electron chi connectivity index (χ2n) is 3.57. The molecule has 0 saturated carbocycles. The van der Waals surface area contributed by atoms with E-state index in [0.717, 1.165) is 11.3 Å². The summed E-state index contributed by atoms with van der Waals surface area (Å²) >= 11 is 9.28. The number of alkyl halides is 1. The minimum atomic E-state index is 0.543. The van der Waals surface area contributed by atoms with Gasteiger partial charge in [-0.3, -0.25) is 4.98 Å². The number of hydrogen-bond donors (Lipinski definition) is 0. The van der Waals surface area contributed by atoms with E-state index in [1.807, 2.05) is 14.0 Å². The summed E-state index contributed by atoms with van der Waals surface area (Å²) in [7, 11) is 1.84. The number of nitrogens with zero attached hydrogens (tertiary/aromatic N) is 3. The lowest BCUT2D eigenvalue weighted by Crippen LogP contribution is -1.96. The van der Waals surface area contributed by atoms with Crippen molar-refractivity contribution in [1.29, 1.82) is 0 Å². The number of aryl methyl sites for hydroxylation is 2. The predicted octanol–water partition coefficient (Wildman–Crippen LogP) is 3.46. The van der Waals surface area contributed by atoms with Crippen molar-refractivity contribution < 1.29 is 4.74 Å². The third-order valence-electron chi connectivity index (χ3n) is 2.32. The van der Waals surface area contributed by atoms with Gasteiger partial charge in [0.1, 0.15) is 5.75 Å². The molecule has 0 amide bonds. The molecule has 2 rings (SSSR count). The van der Waals surface area contributed by atoms with Crippen LogP contribution in [0.5, 0.6) is 11.6 Å². The molecule has 0 atom stereocenters. The van der Waals surface area contributed by atoms with Crippen LogP contribution in [0.4, 0.5) is 0 Å². The van der Waals surface area contributed by atoms with Crippen molar-refractivity contribution in [2.45, 2.75) is 12.3 Å². The van der Waals surface area contributed by atoms with Gasteiger partial charge in [0.05, 0.1) is 16.9 Å². The Morgan fingerprint density at radius 3 is 2.88 bits per heavy atom. The van der Waals surface area contributed by atoms with Gasteiger partial charge in [0.15, 0.2) is 0 Å². The number of halogens is 2. The number of ether oxygens (including phenoxy) is 1. The van der Waals surface area contributed by atoms with Crippen LogP contribution in [0, 0.1) is 6.92 Å².